The first kappa shape index (κ1) is 11.8. The summed E-state index contributed by atoms with van der Waals surface area (Å²) in [5, 5.41) is 0. The van der Waals surface area contributed by atoms with Crippen molar-refractivity contribution in [2.75, 3.05) is 20.6 Å². The van der Waals surface area contributed by atoms with Crippen LogP contribution in [-0.4, -0.2) is 31.3 Å². The third-order valence-electron chi connectivity index (χ3n) is 3.06. The molecule has 0 spiro atoms. The molecular formula is C13H16BrNO. The molecule has 0 saturated heterocycles. The topological polar surface area (TPSA) is 20.3 Å². The number of carbonyl (C=O) groups excluding carboxylic acids is 1. The van der Waals surface area contributed by atoms with Crippen molar-refractivity contribution >= 4 is 21.7 Å². The Morgan fingerprint density at radius 3 is 2.88 bits per heavy atom. The molecule has 1 aromatic rings. The van der Waals surface area contributed by atoms with Crippen molar-refractivity contribution in [3.05, 3.63) is 33.8 Å². The Morgan fingerprint density at radius 1 is 1.44 bits per heavy atom. The van der Waals surface area contributed by atoms with Crippen LogP contribution in [0.25, 0.3) is 0 Å². The first-order valence-electron chi connectivity index (χ1n) is 5.55. The molecule has 0 bridgehead atoms. The van der Waals surface area contributed by atoms with Gasteiger partial charge in [-0.15, -0.1) is 0 Å². The van der Waals surface area contributed by atoms with Crippen molar-refractivity contribution in [2.24, 2.45) is 5.92 Å². The third-order valence-corrected chi connectivity index (χ3v) is 3.55. The third kappa shape index (κ3) is 2.36. The van der Waals surface area contributed by atoms with Crippen molar-refractivity contribution in [2.45, 2.75) is 12.8 Å². The van der Waals surface area contributed by atoms with Gasteiger partial charge >= 0.3 is 0 Å². The second-order valence-electron chi connectivity index (χ2n) is 4.66. The van der Waals surface area contributed by atoms with E-state index in [-0.39, 0.29) is 5.92 Å². The second-order valence-corrected chi connectivity index (χ2v) is 5.58. The molecule has 86 valence electrons. The average Bonchev–Trinajstić information content (AvgIpc) is 2.22. The minimum absolute atomic E-state index is 0.164. The van der Waals surface area contributed by atoms with E-state index in [0.717, 1.165) is 29.4 Å². The molecule has 2 nitrogen and oxygen atoms in total. The van der Waals surface area contributed by atoms with Gasteiger partial charge in [-0.3, -0.25) is 4.79 Å². The fourth-order valence-electron chi connectivity index (χ4n) is 2.29. The lowest BCUT2D eigenvalue weighted by molar-refractivity contribution is 0.0877. The summed E-state index contributed by atoms with van der Waals surface area (Å²) in [5.41, 5.74) is 2.11. The van der Waals surface area contributed by atoms with E-state index in [4.69, 9.17) is 0 Å². The summed E-state index contributed by atoms with van der Waals surface area (Å²) in [6, 6.07) is 6.03. The van der Waals surface area contributed by atoms with Crippen LogP contribution in [0.1, 0.15) is 22.3 Å². The van der Waals surface area contributed by atoms with Gasteiger partial charge in [0.1, 0.15) is 0 Å². The predicted molar refractivity (Wildman–Crippen MR) is 68.8 cm³/mol. The molecule has 1 aromatic carbocycles. The van der Waals surface area contributed by atoms with Crippen LogP contribution in [0.2, 0.25) is 0 Å². The number of halogens is 1. The Morgan fingerprint density at radius 2 is 2.19 bits per heavy atom. The summed E-state index contributed by atoms with van der Waals surface area (Å²) < 4.78 is 0.991. The lowest BCUT2D eigenvalue weighted by Gasteiger charge is -2.25. The van der Waals surface area contributed by atoms with Gasteiger partial charge in [-0.1, -0.05) is 22.0 Å². The van der Waals surface area contributed by atoms with Gasteiger partial charge in [0, 0.05) is 22.5 Å². The van der Waals surface area contributed by atoms with Crippen LogP contribution in [0.3, 0.4) is 0 Å². The molecule has 0 N–H and O–H groups in total. The average molecular weight is 282 g/mol. The number of hydrogen-bond donors (Lipinski definition) is 0. The number of benzene rings is 1. The Bertz CT molecular complexity index is 414. The van der Waals surface area contributed by atoms with Gasteiger partial charge < -0.3 is 4.90 Å². The van der Waals surface area contributed by atoms with Crippen LogP contribution in [-0.2, 0) is 6.42 Å². The SMILES string of the molecule is CN(C)C[C@H]1CCc2ccc(Br)cc2C1=O. The highest BCUT2D eigenvalue weighted by atomic mass is 79.9. The lowest BCUT2D eigenvalue weighted by Crippen LogP contribution is -2.31. The quantitative estimate of drug-likeness (QED) is 0.831. The standard InChI is InChI=1S/C13H16BrNO/c1-15(2)8-10-4-3-9-5-6-11(14)7-12(9)13(10)16/h5-7,10H,3-4,8H2,1-2H3/t10-/m1/s1. The van der Waals surface area contributed by atoms with Crippen LogP contribution >= 0.6 is 15.9 Å². The van der Waals surface area contributed by atoms with E-state index in [1.807, 2.05) is 26.2 Å². The monoisotopic (exact) mass is 281 g/mol. The zero-order chi connectivity index (χ0) is 11.7. The van der Waals surface area contributed by atoms with E-state index in [1.54, 1.807) is 0 Å². The molecule has 0 heterocycles. The zero-order valence-corrected chi connectivity index (χ0v) is 11.3. The molecule has 2 rings (SSSR count). The molecule has 3 heteroatoms. The van der Waals surface area contributed by atoms with Gasteiger partial charge in [-0.25, -0.2) is 0 Å². The van der Waals surface area contributed by atoms with Gasteiger partial charge in [0.25, 0.3) is 0 Å². The number of rotatable bonds is 2. The fraction of sp³-hybridized carbons (Fsp3) is 0.462. The molecule has 0 fully saturated rings. The minimum atomic E-state index is 0.164. The molecule has 16 heavy (non-hydrogen) atoms. The molecule has 1 atom stereocenters. The maximum Gasteiger partial charge on any atom is 0.167 e. The number of nitrogens with zero attached hydrogens (tertiary/aromatic N) is 1. The summed E-state index contributed by atoms with van der Waals surface area (Å²) >= 11 is 3.43. The highest BCUT2D eigenvalue weighted by Gasteiger charge is 2.27. The van der Waals surface area contributed by atoms with Crippen molar-refractivity contribution < 1.29 is 4.79 Å². The smallest absolute Gasteiger partial charge is 0.167 e. The Hall–Kier alpha value is -0.670. The van der Waals surface area contributed by atoms with Gasteiger partial charge in [-0.2, -0.15) is 0 Å². The number of fused-ring (bicyclic) bond motifs is 1. The van der Waals surface area contributed by atoms with E-state index in [0.29, 0.717) is 5.78 Å². The number of Topliss-reactive ketones (excluding diaryl/α,β-unsaturated/α-hetero) is 1. The van der Waals surface area contributed by atoms with Crippen molar-refractivity contribution in [3.8, 4) is 0 Å². The van der Waals surface area contributed by atoms with Gasteiger partial charge in [0.15, 0.2) is 5.78 Å². The van der Waals surface area contributed by atoms with Crippen LogP contribution in [0, 0.1) is 5.92 Å². The van der Waals surface area contributed by atoms with Crippen LogP contribution in [0.15, 0.2) is 22.7 Å². The predicted octanol–water partition coefficient (Wildman–Crippen LogP) is 2.76. The summed E-state index contributed by atoms with van der Waals surface area (Å²) in [6.45, 7) is 0.852. The number of hydrogen-bond acceptors (Lipinski definition) is 2. The van der Waals surface area contributed by atoms with Crippen molar-refractivity contribution in [3.63, 3.8) is 0 Å². The van der Waals surface area contributed by atoms with E-state index in [1.165, 1.54) is 5.56 Å². The highest BCUT2D eigenvalue weighted by molar-refractivity contribution is 9.10. The van der Waals surface area contributed by atoms with E-state index in [9.17, 15) is 4.79 Å². The Labute approximate surface area is 105 Å². The highest BCUT2D eigenvalue weighted by Crippen LogP contribution is 2.28. The Balaban J connectivity index is 2.27. The molecule has 1 aliphatic rings. The molecule has 0 aliphatic heterocycles. The maximum atomic E-state index is 12.3. The number of carbonyl (C=O) groups is 1. The molecule has 0 aromatic heterocycles. The summed E-state index contributed by atoms with van der Waals surface area (Å²) in [4.78, 5) is 14.3. The number of aryl methyl sites for hydroxylation is 1. The summed E-state index contributed by atoms with van der Waals surface area (Å²) in [5.74, 6) is 0.466. The van der Waals surface area contributed by atoms with Crippen molar-refractivity contribution in [1.82, 2.24) is 4.90 Å². The summed E-state index contributed by atoms with van der Waals surface area (Å²) in [6.07, 6.45) is 2.00. The van der Waals surface area contributed by atoms with Gasteiger partial charge in [0.05, 0.1) is 0 Å². The molecule has 0 amide bonds. The Kier molecular flexibility index (Phi) is 3.45. The first-order valence-corrected chi connectivity index (χ1v) is 6.34. The van der Waals surface area contributed by atoms with Gasteiger partial charge in [-0.05, 0) is 44.6 Å². The normalized spacial score (nSPS) is 20.0. The minimum Gasteiger partial charge on any atom is -0.309 e. The van der Waals surface area contributed by atoms with Crippen LogP contribution < -0.4 is 0 Å². The van der Waals surface area contributed by atoms with E-state index < -0.39 is 0 Å². The molecule has 0 saturated carbocycles. The molecular weight excluding hydrogens is 266 g/mol. The van der Waals surface area contributed by atoms with E-state index in [2.05, 4.69) is 26.9 Å². The van der Waals surface area contributed by atoms with Gasteiger partial charge in [0.2, 0.25) is 0 Å². The zero-order valence-electron chi connectivity index (χ0n) is 9.66. The van der Waals surface area contributed by atoms with Crippen molar-refractivity contribution in [1.29, 1.82) is 0 Å². The van der Waals surface area contributed by atoms with E-state index >= 15 is 0 Å². The molecule has 0 unspecified atom stereocenters. The largest absolute Gasteiger partial charge is 0.309 e. The van der Waals surface area contributed by atoms with Crippen LogP contribution in [0.5, 0.6) is 0 Å². The molecule has 1 aliphatic carbocycles. The lowest BCUT2D eigenvalue weighted by atomic mass is 9.82. The first-order chi connectivity index (χ1) is 7.58. The van der Waals surface area contributed by atoms with Crippen LogP contribution in [0.4, 0.5) is 0 Å². The fourth-order valence-corrected chi connectivity index (χ4v) is 2.65. The number of ketones is 1. The second kappa shape index (κ2) is 4.68. The molecule has 0 radical (unpaired) electrons. The summed E-state index contributed by atoms with van der Waals surface area (Å²) in [7, 11) is 4.04. The maximum absolute atomic E-state index is 12.3.